The molecule has 2 aromatic rings. The van der Waals surface area contributed by atoms with Crippen LogP contribution >= 0.6 is 0 Å². The molecule has 31 heavy (non-hydrogen) atoms. The zero-order chi connectivity index (χ0) is 21.6. The molecule has 2 saturated heterocycles. The Hall–Kier alpha value is -3.53. The molecule has 2 aliphatic heterocycles. The standard InChI is InChI=1S/C24H27N5O2/c25-17-18-6-8-19(9-7-18)26-24(31)27-20-10-11-22(28-12-4-5-13-28)21(16-20)23(30)29-14-2-1-3-15-29/h6-11,16H,1-5,12-15H2,(H2,26,27,31). The number of hydrogen-bond acceptors (Lipinski definition) is 4. The lowest BCUT2D eigenvalue weighted by Gasteiger charge is -2.29. The van der Waals surface area contributed by atoms with Gasteiger partial charge in [0.05, 0.1) is 17.2 Å². The van der Waals surface area contributed by atoms with Crippen LogP contribution in [0.5, 0.6) is 0 Å². The van der Waals surface area contributed by atoms with Gasteiger partial charge < -0.3 is 20.4 Å². The zero-order valence-electron chi connectivity index (χ0n) is 17.6. The van der Waals surface area contributed by atoms with Crippen LogP contribution in [0, 0.1) is 11.3 Å². The topological polar surface area (TPSA) is 88.5 Å². The van der Waals surface area contributed by atoms with Gasteiger partial charge in [-0.2, -0.15) is 5.26 Å². The van der Waals surface area contributed by atoms with Crippen LogP contribution in [-0.4, -0.2) is 43.0 Å². The first kappa shape index (κ1) is 20.7. The van der Waals surface area contributed by atoms with Crippen molar-refractivity contribution in [2.45, 2.75) is 32.1 Å². The summed E-state index contributed by atoms with van der Waals surface area (Å²) in [7, 11) is 0. The number of hydrogen-bond donors (Lipinski definition) is 2. The van der Waals surface area contributed by atoms with Crippen LogP contribution in [0.1, 0.15) is 48.0 Å². The lowest BCUT2D eigenvalue weighted by molar-refractivity contribution is 0.0725. The highest BCUT2D eigenvalue weighted by Gasteiger charge is 2.25. The van der Waals surface area contributed by atoms with Crippen LogP contribution in [0.4, 0.5) is 21.9 Å². The van der Waals surface area contributed by atoms with Crippen molar-refractivity contribution in [3.63, 3.8) is 0 Å². The second-order valence-corrected chi connectivity index (χ2v) is 8.05. The molecule has 2 aliphatic rings. The quantitative estimate of drug-likeness (QED) is 0.770. The van der Waals surface area contributed by atoms with E-state index < -0.39 is 6.03 Å². The molecule has 0 aromatic heterocycles. The number of carbonyl (C=O) groups is 2. The van der Waals surface area contributed by atoms with Gasteiger partial charge in [0, 0.05) is 43.2 Å². The molecule has 2 aromatic carbocycles. The first-order valence-corrected chi connectivity index (χ1v) is 10.9. The van der Waals surface area contributed by atoms with E-state index in [0.717, 1.165) is 57.5 Å². The van der Waals surface area contributed by atoms with Crippen molar-refractivity contribution >= 4 is 29.0 Å². The number of anilines is 3. The number of urea groups is 1. The van der Waals surface area contributed by atoms with Crippen LogP contribution in [0.25, 0.3) is 0 Å². The van der Waals surface area contributed by atoms with Crippen molar-refractivity contribution in [2.24, 2.45) is 0 Å². The summed E-state index contributed by atoms with van der Waals surface area (Å²) in [5.41, 5.74) is 3.31. The Balaban J connectivity index is 1.52. The maximum Gasteiger partial charge on any atom is 0.323 e. The summed E-state index contributed by atoms with van der Waals surface area (Å²) in [6.07, 6.45) is 5.50. The average molecular weight is 418 g/mol. The van der Waals surface area contributed by atoms with Crippen LogP contribution < -0.4 is 15.5 Å². The number of nitrogens with zero attached hydrogens (tertiary/aromatic N) is 3. The molecule has 0 radical (unpaired) electrons. The average Bonchev–Trinajstić information content (AvgIpc) is 3.34. The summed E-state index contributed by atoms with van der Waals surface area (Å²) in [6, 6.07) is 13.9. The molecule has 7 nitrogen and oxygen atoms in total. The van der Waals surface area contributed by atoms with Crippen molar-refractivity contribution in [3.8, 4) is 6.07 Å². The molecule has 2 heterocycles. The number of nitriles is 1. The molecule has 4 rings (SSSR count). The predicted octanol–water partition coefficient (Wildman–Crippen LogP) is 4.43. The molecule has 2 fully saturated rings. The zero-order valence-corrected chi connectivity index (χ0v) is 17.6. The SMILES string of the molecule is N#Cc1ccc(NC(=O)Nc2ccc(N3CCCC3)c(C(=O)N3CCCCC3)c2)cc1. The highest BCUT2D eigenvalue weighted by atomic mass is 16.2. The number of amides is 3. The number of benzene rings is 2. The maximum absolute atomic E-state index is 13.3. The summed E-state index contributed by atoms with van der Waals surface area (Å²) in [4.78, 5) is 30.0. The van der Waals surface area contributed by atoms with E-state index in [0.29, 0.717) is 22.5 Å². The fraction of sp³-hybridized carbons (Fsp3) is 0.375. The second-order valence-electron chi connectivity index (χ2n) is 8.05. The van der Waals surface area contributed by atoms with Gasteiger partial charge in [-0.1, -0.05) is 0 Å². The molecular formula is C24H27N5O2. The minimum Gasteiger partial charge on any atom is -0.371 e. The van der Waals surface area contributed by atoms with Crippen LogP contribution in [0.2, 0.25) is 0 Å². The summed E-state index contributed by atoms with van der Waals surface area (Å²) in [6.45, 7) is 3.47. The highest BCUT2D eigenvalue weighted by Crippen LogP contribution is 2.29. The molecule has 0 unspecified atom stereocenters. The largest absolute Gasteiger partial charge is 0.371 e. The third-order valence-electron chi connectivity index (χ3n) is 5.85. The van der Waals surface area contributed by atoms with Gasteiger partial charge in [-0.05, 0) is 74.6 Å². The highest BCUT2D eigenvalue weighted by molar-refractivity contribution is 6.04. The molecule has 160 valence electrons. The fourth-order valence-corrected chi connectivity index (χ4v) is 4.21. The first-order chi connectivity index (χ1) is 15.1. The number of likely N-dealkylation sites (tertiary alicyclic amines) is 1. The van der Waals surface area contributed by atoms with Crippen LogP contribution in [0.3, 0.4) is 0 Å². The van der Waals surface area contributed by atoms with E-state index in [1.807, 2.05) is 17.0 Å². The molecule has 0 bridgehead atoms. The Bertz CT molecular complexity index is 984. The van der Waals surface area contributed by atoms with Gasteiger partial charge in [0.25, 0.3) is 5.91 Å². The second kappa shape index (κ2) is 9.52. The molecular weight excluding hydrogens is 390 g/mol. The maximum atomic E-state index is 13.3. The number of rotatable bonds is 4. The minimum absolute atomic E-state index is 0.0396. The number of carbonyl (C=O) groups excluding carboxylic acids is 2. The lowest BCUT2D eigenvalue weighted by Crippen LogP contribution is -2.36. The summed E-state index contributed by atoms with van der Waals surface area (Å²) in [5, 5.41) is 14.5. The molecule has 2 N–H and O–H groups in total. The monoisotopic (exact) mass is 417 g/mol. The van der Waals surface area contributed by atoms with E-state index >= 15 is 0 Å². The molecule has 0 saturated carbocycles. The van der Waals surface area contributed by atoms with Crippen LogP contribution in [-0.2, 0) is 0 Å². The Labute approximate surface area is 182 Å². The van der Waals surface area contributed by atoms with Gasteiger partial charge in [0.2, 0.25) is 0 Å². The van der Waals surface area contributed by atoms with Gasteiger partial charge in [0.1, 0.15) is 0 Å². The summed E-state index contributed by atoms with van der Waals surface area (Å²) in [5.74, 6) is 0.0396. The van der Waals surface area contributed by atoms with Gasteiger partial charge in [-0.15, -0.1) is 0 Å². The Morgan fingerprint density at radius 1 is 0.806 bits per heavy atom. The van der Waals surface area contributed by atoms with Crippen molar-refractivity contribution in [1.29, 1.82) is 5.26 Å². The van der Waals surface area contributed by atoms with E-state index in [1.54, 1.807) is 30.3 Å². The Kier molecular flexibility index (Phi) is 6.37. The fourth-order valence-electron chi connectivity index (χ4n) is 4.21. The van der Waals surface area contributed by atoms with Gasteiger partial charge in [-0.25, -0.2) is 4.79 Å². The Morgan fingerprint density at radius 2 is 1.42 bits per heavy atom. The molecule has 0 aliphatic carbocycles. The lowest BCUT2D eigenvalue weighted by atomic mass is 10.1. The summed E-state index contributed by atoms with van der Waals surface area (Å²) >= 11 is 0. The van der Waals surface area contributed by atoms with E-state index in [9.17, 15) is 9.59 Å². The summed E-state index contributed by atoms with van der Waals surface area (Å²) < 4.78 is 0. The third kappa shape index (κ3) is 4.97. The van der Waals surface area contributed by atoms with Crippen molar-refractivity contribution in [1.82, 2.24) is 4.90 Å². The smallest absolute Gasteiger partial charge is 0.323 e. The van der Waals surface area contributed by atoms with Crippen molar-refractivity contribution in [3.05, 3.63) is 53.6 Å². The molecule has 0 atom stereocenters. The number of piperidine rings is 1. The van der Waals surface area contributed by atoms with E-state index in [-0.39, 0.29) is 5.91 Å². The first-order valence-electron chi connectivity index (χ1n) is 10.9. The predicted molar refractivity (Wildman–Crippen MR) is 121 cm³/mol. The number of nitrogens with one attached hydrogen (secondary N) is 2. The third-order valence-corrected chi connectivity index (χ3v) is 5.85. The van der Waals surface area contributed by atoms with E-state index in [1.165, 1.54) is 6.42 Å². The van der Waals surface area contributed by atoms with Gasteiger partial charge in [0.15, 0.2) is 0 Å². The van der Waals surface area contributed by atoms with Crippen LogP contribution in [0.15, 0.2) is 42.5 Å². The molecule has 0 spiro atoms. The van der Waals surface area contributed by atoms with Gasteiger partial charge >= 0.3 is 6.03 Å². The molecule has 7 heteroatoms. The molecule has 3 amide bonds. The Morgan fingerprint density at radius 3 is 2.10 bits per heavy atom. The normalized spacial score (nSPS) is 16.0. The van der Waals surface area contributed by atoms with E-state index in [4.69, 9.17) is 5.26 Å². The minimum atomic E-state index is -0.394. The van der Waals surface area contributed by atoms with E-state index in [2.05, 4.69) is 21.6 Å². The van der Waals surface area contributed by atoms with Crippen molar-refractivity contribution in [2.75, 3.05) is 41.7 Å². The van der Waals surface area contributed by atoms with Gasteiger partial charge in [-0.3, -0.25) is 4.79 Å². The van der Waals surface area contributed by atoms with Crippen molar-refractivity contribution < 1.29 is 9.59 Å².